The minimum atomic E-state index is -0.607. The number of benzene rings is 2. The van der Waals surface area contributed by atoms with Gasteiger partial charge in [0.1, 0.15) is 17.1 Å². The second-order valence-corrected chi connectivity index (χ2v) is 6.98. The second kappa shape index (κ2) is 9.02. The van der Waals surface area contributed by atoms with Crippen LogP contribution >= 0.6 is 23.8 Å². The van der Waals surface area contributed by atoms with Gasteiger partial charge in [-0.1, -0.05) is 29.8 Å². The lowest BCUT2D eigenvalue weighted by molar-refractivity contribution is -0.128. The first-order valence-electron chi connectivity index (χ1n) is 8.58. The molecule has 0 saturated carbocycles. The van der Waals surface area contributed by atoms with Crippen molar-refractivity contribution in [3.05, 3.63) is 64.4 Å². The number of thiocarbonyl (C=S) groups is 1. The number of likely N-dealkylation sites (N-methyl/N-ethyl adjacent to an activating group) is 1. The lowest BCUT2D eigenvalue weighted by Crippen LogP contribution is -2.52. The minimum absolute atomic E-state index is 0.0255. The third-order valence-electron chi connectivity index (χ3n) is 4.08. The van der Waals surface area contributed by atoms with Gasteiger partial charge in [-0.15, -0.1) is 0 Å². The Hall–Kier alpha value is -3.30. The average Bonchev–Trinajstić information content (AvgIpc) is 2.70. The van der Waals surface area contributed by atoms with E-state index in [1.807, 2.05) is 0 Å². The molecule has 3 amide bonds. The second-order valence-electron chi connectivity index (χ2n) is 6.19. The number of hydrogen-bond donors (Lipinski definition) is 2. The fourth-order valence-corrected chi connectivity index (χ4v) is 2.95. The van der Waals surface area contributed by atoms with Gasteiger partial charge in [0.15, 0.2) is 11.7 Å². The lowest BCUT2D eigenvalue weighted by Gasteiger charge is -2.25. The van der Waals surface area contributed by atoms with Crippen LogP contribution in [-0.4, -0.2) is 41.4 Å². The number of rotatable bonds is 5. The zero-order valence-electron chi connectivity index (χ0n) is 15.6. The van der Waals surface area contributed by atoms with E-state index >= 15 is 0 Å². The number of para-hydroxylation sites is 1. The summed E-state index contributed by atoms with van der Waals surface area (Å²) < 4.78 is 18.9. The molecule has 0 aromatic heterocycles. The van der Waals surface area contributed by atoms with E-state index in [9.17, 15) is 18.8 Å². The predicted octanol–water partition coefficient (Wildman–Crippen LogP) is 2.75. The van der Waals surface area contributed by atoms with Crippen molar-refractivity contribution in [1.82, 2.24) is 10.2 Å². The summed E-state index contributed by atoms with van der Waals surface area (Å²) in [4.78, 5) is 37.4. The first-order valence-corrected chi connectivity index (χ1v) is 9.36. The maximum absolute atomic E-state index is 13.6. The van der Waals surface area contributed by atoms with Gasteiger partial charge in [0, 0.05) is 7.05 Å². The number of ether oxygens (including phenoxy) is 1. The van der Waals surface area contributed by atoms with Crippen LogP contribution in [0.25, 0.3) is 6.08 Å². The van der Waals surface area contributed by atoms with Crippen molar-refractivity contribution in [1.29, 1.82) is 0 Å². The third kappa shape index (κ3) is 4.81. The Morgan fingerprint density at radius 2 is 2.03 bits per heavy atom. The van der Waals surface area contributed by atoms with Gasteiger partial charge >= 0.3 is 0 Å². The Kier molecular flexibility index (Phi) is 6.43. The maximum Gasteiger partial charge on any atom is 0.265 e. The molecular formula is C20H15ClFN3O4S. The van der Waals surface area contributed by atoms with Crippen LogP contribution in [-0.2, 0) is 14.4 Å². The molecule has 0 spiro atoms. The summed E-state index contributed by atoms with van der Waals surface area (Å²) in [5, 5.41) is 5.00. The van der Waals surface area contributed by atoms with Gasteiger partial charge in [-0.05, 0) is 48.1 Å². The van der Waals surface area contributed by atoms with Gasteiger partial charge in [0.2, 0.25) is 0 Å². The van der Waals surface area contributed by atoms with Crippen LogP contribution in [0, 0.1) is 5.82 Å². The maximum atomic E-state index is 13.6. The molecule has 0 unspecified atom stereocenters. The summed E-state index contributed by atoms with van der Waals surface area (Å²) in [6, 6.07) is 10.3. The Morgan fingerprint density at radius 1 is 1.30 bits per heavy atom. The molecule has 2 N–H and O–H groups in total. The van der Waals surface area contributed by atoms with Crippen LogP contribution in [0.15, 0.2) is 48.0 Å². The first kappa shape index (κ1) is 21.4. The molecule has 3 rings (SSSR count). The molecule has 0 atom stereocenters. The van der Waals surface area contributed by atoms with Crippen molar-refractivity contribution in [2.75, 3.05) is 19.0 Å². The molecule has 1 fully saturated rings. The van der Waals surface area contributed by atoms with Gasteiger partial charge in [0.05, 0.1) is 10.7 Å². The van der Waals surface area contributed by atoms with Crippen LogP contribution < -0.4 is 15.4 Å². The van der Waals surface area contributed by atoms with Crippen LogP contribution in [0.2, 0.25) is 5.02 Å². The molecule has 0 bridgehead atoms. The summed E-state index contributed by atoms with van der Waals surface area (Å²) in [5.41, 5.74) is 0.419. The number of nitrogens with zero attached hydrogens (tertiary/aromatic N) is 1. The van der Waals surface area contributed by atoms with Gasteiger partial charge in [0.25, 0.3) is 17.7 Å². The highest BCUT2D eigenvalue weighted by Gasteiger charge is 2.30. The van der Waals surface area contributed by atoms with Crippen molar-refractivity contribution in [2.24, 2.45) is 0 Å². The normalized spacial score (nSPS) is 15.2. The van der Waals surface area contributed by atoms with Gasteiger partial charge < -0.3 is 10.1 Å². The molecule has 2 aromatic carbocycles. The van der Waals surface area contributed by atoms with Gasteiger partial charge in [-0.3, -0.25) is 24.6 Å². The van der Waals surface area contributed by atoms with Crippen molar-refractivity contribution in [3.8, 4) is 5.75 Å². The zero-order chi connectivity index (χ0) is 21.8. The van der Waals surface area contributed by atoms with Crippen LogP contribution in [0.3, 0.4) is 0 Å². The molecule has 10 heteroatoms. The molecule has 1 saturated heterocycles. The fourth-order valence-electron chi connectivity index (χ4n) is 2.53. The molecule has 1 aliphatic heterocycles. The summed E-state index contributed by atoms with van der Waals surface area (Å²) in [6.45, 7) is -0.391. The van der Waals surface area contributed by atoms with E-state index < -0.39 is 30.1 Å². The van der Waals surface area contributed by atoms with E-state index in [1.165, 1.54) is 43.5 Å². The Labute approximate surface area is 181 Å². The number of anilines is 1. The highest BCUT2D eigenvalue weighted by molar-refractivity contribution is 7.80. The average molecular weight is 448 g/mol. The number of carbonyl (C=O) groups is 3. The summed E-state index contributed by atoms with van der Waals surface area (Å²) >= 11 is 11.1. The van der Waals surface area contributed by atoms with Crippen LogP contribution in [0.4, 0.5) is 10.1 Å². The van der Waals surface area contributed by atoms with E-state index in [1.54, 1.807) is 12.1 Å². The highest BCUT2D eigenvalue weighted by atomic mass is 35.5. The Bertz CT molecular complexity index is 1090. The number of halogens is 2. The predicted molar refractivity (Wildman–Crippen MR) is 113 cm³/mol. The summed E-state index contributed by atoms with van der Waals surface area (Å²) in [6.07, 6.45) is 1.37. The molecule has 2 aromatic rings. The number of amides is 3. The monoisotopic (exact) mass is 447 g/mol. The topological polar surface area (TPSA) is 87.7 Å². The van der Waals surface area contributed by atoms with Crippen LogP contribution in [0.5, 0.6) is 5.75 Å². The lowest BCUT2D eigenvalue weighted by atomic mass is 10.1. The molecule has 154 valence electrons. The SMILES string of the molecule is CN1C(=O)/C(=C/c2ccc(OCC(=O)Nc3ccccc3F)c(Cl)c2)C(=O)NC1=S. The number of nitrogens with one attached hydrogen (secondary N) is 2. The first-order chi connectivity index (χ1) is 14.3. The highest BCUT2D eigenvalue weighted by Crippen LogP contribution is 2.27. The number of hydrogen-bond acceptors (Lipinski definition) is 5. The smallest absolute Gasteiger partial charge is 0.265 e. The summed E-state index contributed by atoms with van der Waals surface area (Å²) in [5.74, 6) is -2.06. The molecule has 0 aliphatic carbocycles. The van der Waals surface area contributed by atoms with Crippen molar-refractivity contribution in [3.63, 3.8) is 0 Å². The Balaban J connectivity index is 1.67. The third-order valence-corrected chi connectivity index (χ3v) is 4.75. The zero-order valence-corrected chi connectivity index (χ0v) is 17.1. The molecule has 7 nitrogen and oxygen atoms in total. The van der Waals surface area contributed by atoms with E-state index in [0.717, 1.165) is 4.90 Å². The van der Waals surface area contributed by atoms with Crippen LogP contribution in [0.1, 0.15) is 5.56 Å². The van der Waals surface area contributed by atoms with E-state index in [0.29, 0.717) is 5.56 Å². The van der Waals surface area contributed by atoms with E-state index in [4.69, 9.17) is 28.6 Å². The van der Waals surface area contributed by atoms with Gasteiger partial charge in [-0.25, -0.2) is 4.39 Å². The van der Waals surface area contributed by atoms with Crippen molar-refractivity contribution >= 4 is 58.4 Å². The molecule has 30 heavy (non-hydrogen) atoms. The summed E-state index contributed by atoms with van der Waals surface area (Å²) in [7, 11) is 1.45. The minimum Gasteiger partial charge on any atom is -0.482 e. The van der Waals surface area contributed by atoms with E-state index in [2.05, 4.69) is 10.6 Å². The van der Waals surface area contributed by atoms with Gasteiger partial charge in [-0.2, -0.15) is 0 Å². The molecular weight excluding hydrogens is 433 g/mol. The van der Waals surface area contributed by atoms with E-state index in [-0.39, 0.29) is 27.1 Å². The van der Waals surface area contributed by atoms with Crippen molar-refractivity contribution in [2.45, 2.75) is 0 Å². The molecule has 1 heterocycles. The number of carbonyl (C=O) groups excluding carboxylic acids is 3. The molecule has 1 aliphatic rings. The standard InChI is InChI=1S/C20H15ClFN3O4S/c1-25-19(28)12(18(27)24-20(25)30)8-11-6-7-16(13(21)9-11)29-10-17(26)23-15-5-3-2-4-14(15)22/h2-9H,10H2,1H3,(H,23,26)(H,24,27,30)/b12-8+. The largest absolute Gasteiger partial charge is 0.482 e. The molecule has 0 radical (unpaired) electrons. The fraction of sp³-hybridized carbons (Fsp3) is 0.100. The van der Waals surface area contributed by atoms with Crippen molar-refractivity contribution < 1.29 is 23.5 Å². The quantitative estimate of drug-likeness (QED) is 0.418. The Morgan fingerprint density at radius 3 is 2.73 bits per heavy atom.